The van der Waals surface area contributed by atoms with Crippen LogP contribution in [-0.4, -0.2) is 18.5 Å². The van der Waals surface area contributed by atoms with E-state index < -0.39 is 0 Å². The Morgan fingerprint density at radius 2 is 2.10 bits per heavy atom. The van der Waals surface area contributed by atoms with Gasteiger partial charge in [0.25, 0.3) is 0 Å². The number of thiophene rings is 1. The monoisotopic (exact) mass is 296 g/mol. The number of nitrogens with one attached hydrogen (secondary N) is 1. The molecular weight excluding hydrogens is 268 g/mol. The highest BCUT2D eigenvalue weighted by atomic mass is 32.1. The van der Waals surface area contributed by atoms with Crippen LogP contribution in [-0.2, 0) is 11.2 Å². The minimum absolute atomic E-state index is 0.149. The number of rotatable bonds is 8. The molecule has 0 saturated carbocycles. The summed E-state index contributed by atoms with van der Waals surface area (Å²) in [6.45, 7) is 9.20. The summed E-state index contributed by atoms with van der Waals surface area (Å²) in [5, 5.41) is 3.09. The van der Waals surface area contributed by atoms with Gasteiger partial charge in [-0.2, -0.15) is 0 Å². The van der Waals surface area contributed by atoms with E-state index in [1.54, 1.807) is 11.3 Å². The molecule has 20 heavy (non-hydrogen) atoms. The minimum atomic E-state index is 0.149. The first-order valence-electron chi connectivity index (χ1n) is 7.37. The summed E-state index contributed by atoms with van der Waals surface area (Å²) in [5.41, 5.74) is 5.74. The van der Waals surface area contributed by atoms with Crippen molar-refractivity contribution in [3.05, 3.63) is 21.9 Å². The van der Waals surface area contributed by atoms with Crippen molar-refractivity contribution in [2.45, 2.75) is 59.4 Å². The van der Waals surface area contributed by atoms with E-state index in [-0.39, 0.29) is 17.4 Å². The molecule has 0 aromatic carbocycles. The van der Waals surface area contributed by atoms with Crippen molar-refractivity contribution in [2.75, 3.05) is 6.54 Å². The topological polar surface area (TPSA) is 55.1 Å². The van der Waals surface area contributed by atoms with Gasteiger partial charge in [0, 0.05) is 28.6 Å². The molecule has 1 aromatic heterocycles. The lowest BCUT2D eigenvalue weighted by molar-refractivity contribution is -0.122. The minimum Gasteiger partial charge on any atom is -0.353 e. The lowest BCUT2D eigenvalue weighted by Gasteiger charge is -2.23. The fourth-order valence-corrected chi connectivity index (χ4v) is 3.28. The zero-order valence-electron chi connectivity index (χ0n) is 13.2. The third kappa shape index (κ3) is 6.53. The number of hydrogen-bond donors (Lipinski definition) is 2. The lowest BCUT2D eigenvalue weighted by Crippen LogP contribution is -2.34. The van der Waals surface area contributed by atoms with Gasteiger partial charge in [-0.05, 0) is 50.8 Å². The standard InChI is InChI=1S/C16H28N2OS/c1-12(11-14-6-5-13(2)20-14)18-15(19)7-8-16(3,4)9-10-17/h5-6,12H,7-11,17H2,1-4H3,(H,18,19). The Balaban J connectivity index is 2.31. The molecule has 1 atom stereocenters. The molecular formula is C16H28N2OS. The summed E-state index contributed by atoms with van der Waals surface area (Å²) in [7, 11) is 0. The molecule has 1 amide bonds. The average Bonchev–Trinajstić information content (AvgIpc) is 2.72. The zero-order chi connectivity index (χ0) is 15.2. The van der Waals surface area contributed by atoms with Crippen molar-refractivity contribution in [3.8, 4) is 0 Å². The van der Waals surface area contributed by atoms with Gasteiger partial charge in [0.2, 0.25) is 5.91 Å². The Morgan fingerprint density at radius 3 is 2.65 bits per heavy atom. The van der Waals surface area contributed by atoms with Crippen molar-refractivity contribution in [2.24, 2.45) is 11.1 Å². The molecule has 4 heteroatoms. The summed E-state index contributed by atoms with van der Waals surface area (Å²) < 4.78 is 0. The second kappa shape index (κ2) is 7.79. The van der Waals surface area contributed by atoms with Crippen molar-refractivity contribution in [3.63, 3.8) is 0 Å². The van der Waals surface area contributed by atoms with E-state index in [1.165, 1.54) is 9.75 Å². The fraction of sp³-hybridized carbons (Fsp3) is 0.688. The molecule has 0 bridgehead atoms. The van der Waals surface area contributed by atoms with Crippen LogP contribution in [0.3, 0.4) is 0 Å². The molecule has 0 aliphatic carbocycles. The summed E-state index contributed by atoms with van der Waals surface area (Å²) >= 11 is 1.80. The summed E-state index contributed by atoms with van der Waals surface area (Å²) in [5.74, 6) is 0.149. The number of carbonyl (C=O) groups is 1. The van der Waals surface area contributed by atoms with Crippen LogP contribution >= 0.6 is 11.3 Å². The van der Waals surface area contributed by atoms with Crippen LogP contribution in [0.1, 0.15) is 49.8 Å². The molecule has 3 nitrogen and oxygen atoms in total. The highest BCUT2D eigenvalue weighted by molar-refractivity contribution is 7.11. The number of carbonyl (C=O) groups excluding carboxylic acids is 1. The SMILES string of the molecule is Cc1ccc(CC(C)NC(=O)CCC(C)(C)CCN)s1. The Hall–Kier alpha value is -0.870. The molecule has 0 aliphatic heterocycles. The largest absolute Gasteiger partial charge is 0.353 e. The van der Waals surface area contributed by atoms with Gasteiger partial charge in [0.15, 0.2) is 0 Å². The number of nitrogens with two attached hydrogens (primary N) is 1. The van der Waals surface area contributed by atoms with Crippen LogP contribution in [0.25, 0.3) is 0 Å². The third-order valence-electron chi connectivity index (χ3n) is 3.56. The summed E-state index contributed by atoms with van der Waals surface area (Å²) in [6, 6.07) is 4.47. The van der Waals surface area contributed by atoms with Crippen LogP contribution in [0.5, 0.6) is 0 Å². The molecule has 1 heterocycles. The van der Waals surface area contributed by atoms with E-state index in [4.69, 9.17) is 5.73 Å². The van der Waals surface area contributed by atoms with Crippen LogP contribution < -0.4 is 11.1 Å². The molecule has 114 valence electrons. The molecule has 1 aromatic rings. The Morgan fingerprint density at radius 1 is 1.40 bits per heavy atom. The molecule has 1 unspecified atom stereocenters. The Labute approximate surface area is 127 Å². The van der Waals surface area contributed by atoms with Gasteiger partial charge >= 0.3 is 0 Å². The van der Waals surface area contributed by atoms with Gasteiger partial charge < -0.3 is 11.1 Å². The van der Waals surface area contributed by atoms with Crippen LogP contribution in [0.15, 0.2) is 12.1 Å². The van der Waals surface area contributed by atoms with E-state index in [0.717, 1.165) is 19.3 Å². The van der Waals surface area contributed by atoms with Crippen molar-refractivity contribution in [1.82, 2.24) is 5.32 Å². The molecule has 3 N–H and O–H groups in total. The van der Waals surface area contributed by atoms with Crippen LogP contribution in [0.2, 0.25) is 0 Å². The molecule has 0 spiro atoms. The van der Waals surface area contributed by atoms with E-state index >= 15 is 0 Å². The molecule has 0 saturated heterocycles. The van der Waals surface area contributed by atoms with Gasteiger partial charge in [-0.25, -0.2) is 0 Å². The summed E-state index contributed by atoms with van der Waals surface area (Å²) in [6.07, 6.45) is 3.35. The van der Waals surface area contributed by atoms with E-state index in [1.807, 2.05) is 0 Å². The lowest BCUT2D eigenvalue weighted by atomic mass is 9.84. The molecule has 0 radical (unpaired) electrons. The van der Waals surface area contributed by atoms with Crippen molar-refractivity contribution >= 4 is 17.2 Å². The van der Waals surface area contributed by atoms with Gasteiger partial charge in [-0.3, -0.25) is 4.79 Å². The van der Waals surface area contributed by atoms with Crippen LogP contribution in [0.4, 0.5) is 0 Å². The zero-order valence-corrected chi connectivity index (χ0v) is 14.0. The Kier molecular flexibility index (Phi) is 6.69. The normalized spacial score (nSPS) is 13.2. The highest BCUT2D eigenvalue weighted by Crippen LogP contribution is 2.25. The average molecular weight is 296 g/mol. The maximum absolute atomic E-state index is 12.0. The van der Waals surface area contributed by atoms with Crippen LogP contribution in [0, 0.1) is 12.3 Å². The number of amides is 1. The first-order valence-corrected chi connectivity index (χ1v) is 8.19. The quantitative estimate of drug-likeness (QED) is 0.773. The summed E-state index contributed by atoms with van der Waals surface area (Å²) in [4.78, 5) is 14.6. The first-order chi connectivity index (χ1) is 9.32. The van der Waals surface area contributed by atoms with E-state index in [0.29, 0.717) is 13.0 Å². The van der Waals surface area contributed by atoms with Gasteiger partial charge in [0.05, 0.1) is 0 Å². The van der Waals surface area contributed by atoms with Gasteiger partial charge in [0.1, 0.15) is 0 Å². The predicted molar refractivity (Wildman–Crippen MR) is 87.1 cm³/mol. The van der Waals surface area contributed by atoms with Crippen molar-refractivity contribution < 1.29 is 4.79 Å². The predicted octanol–water partition coefficient (Wildman–Crippen LogP) is 3.26. The van der Waals surface area contributed by atoms with E-state index in [9.17, 15) is 4.79 Å². The van der Waals surface area contributed by atoms with Crippen molar-refractivity contribution in [1.29, 1.82) is 0 Å². The molecule has 1 rings (SSSR count). The third-order valence-corrected chi connectivity index (χ3v) is 4.58. The Bertz CT molecular complexity index is 426. The number of aryl methyl sites for hydroxylation is 1. The maximum Gasteiger partial charge on any atom is 0.220 e. The molecule has 0 aliphatic rings. The van der Waals surface area contributed by atoms with Gasteiger partial charge in [-0.15, -0.1) is 11.3 Å². The fourth-order valence-electron chi connectivity index (χ4n) is 2.26. The molecule has 0 fully saturated rings. The first kappa shape index (κ1) is 17.2. The smallest absolute Gasteiger partial charge is 0.220 e. The second-order valence-corrected chi connectivity index (χ2v) is 7.76. The highest BCUT2D eigenvalue weighted by Gasteiger charge is 2.19. The van der Waals surface area contributed by atoms with Gasteiger partial charge in [-0.1, -0.05) is 13.8 Å². The maximum atomic E-state index is 12.0. The van der Waals surface area contributed by atoms with E-state index in [2.05, 4.69) is 45.1 Å². The number of hydrogen-bond acceptors (Lipinski definition) is 3. The second-order valence-electron chi connectivity index (χ2n) is 6.39.